The fourth-order valence-electron chi connectivity index (χ4n) is 4.06. The SMILES string of the molecule is CC(C)c1ccc(/C=C(\NC(=O)c2ccccc2)C(=O)Nc2ccc(C(=O)/C=C/c3ccccc3[N+](=O)[O-])cc2)cc1. The smallest absolute Gasteiger partial charge is 0.276 e. The van der Waals surface area contributed by atoms with Crippen LogP contribution in [0.2, 0.25) is 0 Å². The van der Waals surface area contributed by atoms with Crippen LogP contribution < -0.4 is 10.6 Å². The van der Waals surface area contributed by atoms with Gasteiger partial charge < -0.3 is 10.6 Å². The number of allylic oxidation sites excluding steroid dienone is 1. The summed E-state index contributed by atoms with van der Waals surface area (Å²) in [5.41, 5.74) is 3.31. The maximum atomic E-state index is 13.3. The third-order valence-corrected chi connectivity index (χ3v) is 6.42. The van der Waals surface area contributed by atoms with Gasteiger partial charge in [-0.3, -0.25) is 24.5 Å². The summed E-state index contributed by atoms with van der Waals surface area (Å²) in [5, 5.41) is 16.7. The number of carbonyl (C=O) groups is 3. The lowest BCUT2D eigenvalue weighted by Gasteiger charge is -2.12. The maximum absolute atomic E-state index is 13.3. The van der Waals surface area contributed by atoms with Gasteiger partial charge in [0, 0.05) is 22.9 Å². The van der Waals surface area contributed by atoms with Gasteiger partial charge in [-0.25, -0.2) is 0 Å². The molecule has 0 bridgehead atoms. The molecule has 0 aromatic heterocycles. The summed E-state index contributed by atoms with van der Waals surface area (Å²) >= 11 is 0. The maximum Gasteiger partial charge on any atom is 0.276 e. The third kappa shape index (κ3) is 7.73. The van der Waals surface area contributed by atoms with E-state index in [1.165, 1.54) is 30.4 Å². The van der Waals surface area contributed by atoms with Gasteiger partial charge in [-0.15, -0.1) is 0 Å². The Labute approximate surface area is 243 Å². The number of nitro benzene ring substituents is 1. The number of hydrogen-bond acceptors (Lipinski definition) is 5. The normalized spacial score (nSPS) is 11.4. The lowest BCUT2D eigenvalue weighted by Crippen LogP contribution is -2.30. The van der Waals surface area contributed by atoms with Crippen LogP contribution >= 0.6 is 0 Å². The van der Waals surface area contributed by atoms with Crippen LogP contribution in [0.4, 0.5) is 11.4 Å². The molecule has 0 heterocycles. The molecule has 8 heteroatoms. The van der Waals surface area contributed by atoms with Crippen molar-refractivity contribution in [2.45, 2.75) is 19.8 Å². The minimum absolute atomic E-state index is 0.0497. The van der Waals surface area contributed by atoms with Crippen molar-refractivity contribution < 1.29 is 19.3 Å². The zero-order valence-corrected chi connectivity index (χ0v) is 23.1. The van der Waals surface area contributed by atoms with E-state index in [0.29, 0.717) is 28.3 Å². The van der Waals surface area contributed by atoms with E-state index in [-0.39, 0.29) is 17.2 Å². The Kier molecular flexibility index (Phi) is 9.53. The molecule has 4 rings (SSSR count). The summed E-state index contributed by atoms with van der Waals surface area (Å²) in [5.74, 6) is -0.970. The highest BCUT2D eigenvalue weighted by molar-refractivity contribution is 6.11. The van der Waals surface area contributed by atoms with Gasteiger partial charge in [0.25, 0.3) is 17.5 Å². The Bertz CT molecular complexity index is 1660. The molecule has 4 aromatic rings. The van der Waals surface area contributed by atoms with Gasteiger partial charge in [-0.2, -0.15) is 0 Å². The number of anilines is 1. The molecule has 0 saturated carbocycles. The summed E-state index contributed by atoms with van der Waals surface area (Å²) in [7, 11) is 0. The van der Waals surface area contributed by atoms with Crippen molar-refractivity contribution in [2.24, 2.45) is 0 Å². The van der Waals surface area contributed by atoms with Crippen molar-refractivity contribution in [1.29, 1.82) is 0 Å². The topological polar surface area (TPSA) is 118 Å². The summed E-state index contributed by atoms with van der Waals surface area (Å²) in [4.78, 5) is 49.5. The molecule has 0 spiro atoms. The molecule has 0 saturated heterocycles. The Morgan fingerprint density at radius 1 is 0.786 bits per heavy atom. The monoisotopic (exact) mass is 559 g/mol. The van der Waals surface area contributed by atoms with Crippen LogP contribution in [0.15, 0.2) is 115 Å². The Morgan fingerprint density at radius 3 is 2.07 bits per heavy atom. The number of nitrogens with one attached hydrogen (secondary N) is 2. The van der Waals surface area contributed by atoms with Crippen molar-refractivity contribution in [2.75, 3.05) is 5.32 Å². The van der Waals surface area contributed by atoms with E-state index in [2.05, 4.69) is 24.5 Å². The summed E-state index contributed by atoms with van der Waals surface area (Å²) in [6.07, 6.45) is 4.27. The average Bonchev–Trinajstić information content (AvgIpc) is 3.00. The summed E-state index contributed by atoms with van der Waals surface area (Å²) in [6.45, 7) is 4.18. The van der Waals surface area contributed by atoms with Gasteiger partial charge in [0.15, 0.2) is 5.78 Å². The van der Waals surface area contributed by atoms with Gasteiger partial charge in [0.2, 0.25) is 0 Å². The minimum atomic E-state index is -0.539. The van der Waals surface area contributed by atoms with Gasteiger partial charge in [0.05, 0.1) is 10.5 Å². The standard InChI is InChI=1S/C34H29N3O5/c1-23(2)25-14-12-24(13-15-25)22-30(36-33(39)28-9-4-3-5-10-28)34(40)35-29-19-16-27(17-20-29)32(38)21-18-26-8-6-7-11-31(26)37(41)42/h3-23H,1-2H3,(H,35,40)(H,36,39)/b21-18+,30-22-. The number of nitro groups is 1. The number of amides is 2. The van der Waals surface area contributed by atoms with Gasteiger partial charge in [-0.1, -0.05) is 68.4 Å². The van der Waals surface area contributed by atoms with Crippen molar-refractivity contribution in [1.82, 2.24) is 5.32 Å². The zero-order chi connectivity index (χ0) is 30.1. The van der Waals surface area contributed by atoms with Crippen LogP contribution in [-0.2, 0) is 4.79 Å². The molecule has 0 aliphatic carbocycles. The van der Waals surface area contributed by atoms with Gasteiger partial charge in [-0.05, 0) is 77.7 Å². The first-order valence-corrected chi connectivity index (χ1v) is 13.3. The molecule has 0 radical (unpaired) electrons. The largest absolute Gasteiger partial charge is 0.321 e. The fourth-order valence-corrected chi connectivity index (χ4v) is 4.06. The van der Waals surface area contributed by atoms with E-state index in [0.717, 1.165) is 11.1 Å². The first-order valence-electron chi connectivity index (χ1n) is 13.3. The third-order valence-electron chi connectivity index (χ3n) is 6.42. The Balaban J connectivity index is 1.51. The van der Waals surface area contributed by atoms with Crippen LogP contribution in [0.1, 0.15) is 57.2 Å². The predicted octanol–water partition coefficient (Wildman–Crippen LogP) is 7.02. The Hall–Kier alpha value is -5.63. The second-order valence-corrected chi connectivity index (χ2v) is 9.74. The fraction of sp³-hybridized carbons (Fsp3) is 0.0882. The number of benzene rings is 4. The lowest BCUT2D eigenvalue weighted by atomic mass is 10.0. The molecule has 0 unspecified atom stereocenters. The first-order chi connectivity index (χ1) is 20.2. The van der Waals surface area contributed by atoms with Gasteiger partial charge in [0.1, 0.15) is 5.70 Å². The van der Waals surface area contributed by atoms with Crippen LogP contribution in [0.5, 0.6) is 0 Å². The first kappa shape index (κ1) is 29.4. The molecule has 0 aliphatic heterocycles. The van der Waals surface area contributed by atoms with Crippen molar-refractivity contribution >= 4 is 41.1 Å². The van der Waals surface area contributed by atoms with E-state index < -0.39 is 16.7 Å². The van der Waals surface area contributed by atoms with Crippen LogP contribution in [0.25, 0.3) is 12.2 Å². The van der Waals surface area contributed by atoms with E-state index in [9.17, 15) is 24.5 Å². The molecule has 0 aliphatic rings. The zero-order valence-electron chi connectivity index (χ0n) is 23.1. The highest BCUT2D eigenvalue weighted by atomic mass is 16.6. The van der Waals surface area contributed by atoms with E-state index >= 15 is 0 Å². The van der Waals surface area contributed by atoms with E-state index in [4.69, 9.17) is 0 Å². The summed E-state index contributed by atoms with van der Waals surface area (Å²) in [6, 6.07) is 28.7. The number of nitrogens with zero attached hydrogens (tertiary/aromatic N) is 1. The second kappa shape index (κ2) is 13.6. The highest BCUT2D eigenvalue weighted by Gasteiger charge is 2.16. The molecular formula is C34H29N3O5. The quantitative estimate of drug-likeness (QED) is 0.0936. The number of hydrogen-bond donors (Lipinski definition) is 2. The van der Waals surface area contributed by atoms with Crippen molar-refractivity contribution in [3.63, 3.8) is 0 Å². The van der Waals surface area contributed by atoms with Crippen LogP contribution in [0.3, 0.4) is 0 Å². The molecule has 2 amide bonds. The van der Waals surface area contributed by atoms with Gasteiger partial charge >= 0.3 is 0 Å². The molecule has 2 N–H and O–H groups in total. The van der Waals surface area contributed by atoms with Crippen molar-refractivity contribution in [3.05, 3.63) is 153 Å². The second-order valence-electron chi connectivity index (χ2n) is 9.74. The predicted molar refractivity (Wildman–Crippen MR) is 164 cm³/mol. The number of carbonyl (C=O) groups excluding carboxylic acids is 3. The molecule has 0 fully saturated rings. The molecular weight excluding hydrogens is 530 g/mol. The summed E-state index contributed by atoms with van der Waals surface area (Å²) < 4.78 is 0. The van der Waals surface area contributed by atoms with E-state index in [1.54, 1.807) is 66.7 Å². The van der Waals surface area contributed by atoms with E-state index in [1.807, 2.05) is 24.3 Å². The molecule has 4 aromatic carbocycles. The number of ketones is 1. The van der Waals surface area contributed by atoms with Crippen molar-refractivity contribution in [3.8, 4) is 0 Å². The lowest BCUT2D eigenvalue weighted by molar-refractivity contribution is -0.385. The Morgan fingerprint density at radius 2 is 1.43 bits per heavy atom. The van der Waals surface area contributed by atoms with Crippen LogP contribution in [0, 0.1) is 10.1 Å². The molecule has 210 valence electrons. The van der Waals surface area contributed by atoms with Crippen LogP contribution in [-0.4, -0.2) is 22.5 Å². The average molecular weight is 560 g/mol. The highest BCUT2D eigenvalue weighted by Crippen LogP contribution is 2.20. The minimum Gasteiger partial charge on any atom is -0.321 e. The molecule has 8 nitrogen and oxygen atoms in total. The molecule has 42 heavy (non-hydrogen) atoms. The number of para-hydroxylation sites is 1. The number of rotatable bonds is 10. The molecule has 0 atom stereocenters.